The summed E-state index contributed by atoms with van der Waals surface area (Å²) in [5.41, 5.74) is 10.7. The lowest BCUT2D eigenvalue weighted by molar-refractivity contribution is -0.136. The van der Waals surface area contributed by atoms with Crippen LogP contribution in [0, 0.1) is 5.92 Å². The van der Waals surface area contributed by atoms with Crippen LogP contribution in [0.4, 0.5) is 10.6 Å². The maximum Gasteiger partial charge on any atom is 0.319 e. The highest BCUT2D eigenvalue weighted by Gasteiger charge is 2.45. The number of piperidine rings is 5. The highest BCUT2D eigenvalue weighted by Crippen LogP contribution is 2.37. The van der Waals surface area contributed by atoms with E-state index in [0.717, 1.165) is 161 Å². The SMILES string of the molecule is Nc1ncnc2c1c(-c1ccc(Oc3ccccc3)cc1)nn2C1CCCN(C2CCN(C(=O)N3CCC(CCN4CCC(c5ccc6c(c5)C(=O)N(C5CCC(=O)NC5=O)C6=O)CC4)CC3)CC2)C1. The Hall–Kier alpha value is -6.72. The number of ether oxygens (including phenoxy) is 1. The van der Waals surface area contributed by atoms with Gasteiger partial charge in [0, 0.05) is 50.7 Å². The second-order valence-electron chi connectivity index (χ2n) is 20.1. The van der Waals surface area contributed by atoms with E-state index in [4.69, 9.17) is 20.6 Å². The first kappa shape index (κ1) is 45.7. The molecular formula is C53H61N11O6. The highest BCUT2D eigenvalue weighted by atomic mass is 16.5. The second kappa shape index (κ2) is 19.6. The predicted molar refractivity (Wildman–Crippen MR) is 262 cm³/mol. The molecule has 5 saturated heterocycles. The Bertz CT molecular complexity index is 2780. The van der Waals surface area contributed by atoms with E-state index in [-0.39, 0.29) is 36.7 Å². The number of carbonyl (C=O) groups excluding carboxylic acids is 5. The number of nitrogens with zero attached hydrogens (tertiary/aromatic N) is 9. The number of amides is 6. The Labute approximate surface area is 407 Å². The van der Waals surface area contributed by atoms with Gasteiger partial charge in [-0.15, -0.1) is 0 Å². The summed E-state index contributed by atoms with van der Waals surface area (Å²) in [7, 11) is 0. The molecule has 17 nitrogen and oxygen atoms in total. The number of urea groups is 1. The van der Waals surface area contributed by atoms with E-state index in [9.17, 15) is 24.0 Å². The Morgan fingerprint density at radius 2 is 1.44 bits per heavy atom. The Morgan fingerprint density at radius 1 is 0.729 bits per heavy atom. The molecule has 6 aliphatic rings. The molecule has 6 aliphatic heterocycles. The van der Waals surface area contributed by atoms with Gasteiger partial charge in [0.2, 0.25) is 11.8 Å². The van der Waals surface area contributed by atoms with Crippen molar-refractivity contribution in [2.45, 2.75) is 94.7 Å². The number of hydrogen-bond donors (Lipinski definition) is 2. The molecule has 8 heterocycles. The molecule has 2 aromatic heterocycles. The van der Waals surface area contributed by atoms with Crippen molar-refractivity contribution in [3.8, 4) is 22.8 Å². The van der Waals surface area contributed by atoms with Crippen molar-refractivity contribution >= 4 is 46.5 Å². The topological polar surface area (TPSA) is 192 Å². The molecule has 0 bridgehead atoms. The van der Waals surface area contributed by atoms with Crippen molar-refractivity contribution in [2.24, 2.45) is 5.92 Å². The first-order valence-corrected chi connectivity index (χ1v) is 25.3. The number of aromatic nitrogens is 4. The quantitative estimate of drug-likeness (QED) is 0.145. The van der Waals surface area contributed by atoms with Crippen LogP contribution in [0.1, 0.15) is 109 Å². The number of nitrogens with two attached hydrogens (primary N) is 1. The van der Waals surface area contributed by atoms with Gasteiger partial charge in [-0.1, -0.05) is 24.3 Å². The van der Waals surface area contributed by atoms with Crippen LogP contribution < -0.4 is 15.8 Å². The largest absolute Gasteiger partial charge is 0.457 e. The van der Waals surface area contributed by atoms with Gasteiger partial charge in [-0.2, -0.15) is 5.10 Å². The number of nitrogens with one attached hydrogen (secondary N) is 1. The van der Waals surface area contributed by atoms with Crippen molar-refractivity contribution in [3.63, 3.8) is 0 Å². The van der Waals surface area contributed by atoms with Crippen LogP contribution in [0.25, 0.3) is 22.3 Å². The molecule has 3 aromatic carbocycles. The zero-order valence-corrected chi connectivity index (χ0v) is 39.6. The number of hydrogen-bond acceptors (Lipinski definition) is 12. The molecule has 70 heavy (non-hydrogen) atoms. The Morgan fingerprint density at radius 3 is 2.19 bits per heavy atom. The standard InChI is InChI=1S/C53H61N11O6/c54-48-46-47(36-8-11-41(12-9-36)70-40-6-2-1-3-7-40)58-64(49(46)56-33-55-48)39-5-4-23-62(32-39)38-21-29-61(30-22-38)53(69)60-27-17-34(18-28-60)16-24-59-25-19-35(20-26-59)37-10-13-42-43(31-37)52(68)63(51(42)67)44-14-15-45(65)57-50(44)66/h1-3,6-13,31,33-35,38-39,44H,4-5,14-30,32H2,(H2,54,55,56)(H,57,65,66). The summed E-state index contributed by atoms with van der Waals surface area (Å²) in [5, 5.41) is 8.21. The van der Waals surface area contributed by atoms with Crippen molar-refractivity contribution in [2.75, 3.05) is 64.6 Å². The summed E-state index contributed by atoms with van der Waals surface area (Å²) in [5.74, 6) is 0.908. The van der Waals surface area contributed by atoms with Gasteiger partial charge in [0.25, 0.3) is 11.8 Å². The average Bonchev–Trinajstić information content (AvgIpc) is 3.91. The van der Waals surface area contributed by atoms with Gasteiger partial charge in [0.15, 0.2) is 5.65 Å². The van der Waals surface area contributed by atoms with Gasteiger partial charge in [0.05, 0.1) is 22.6 Å². The molecule has 17 heteroatoms. The van der Waals surface area contributed by atoms with Crippen LogP contribution in [0.2, 0.25) is 0 Å². The van der Waals surface area contributed by atoms with Crippen LogP contribution in [0.3, 0.4) is 0 Å². The van der Waals surface area contributed by atoms with E-state index >= 15 is 0 Å². The third-order valence-corrected chi connectivity index (χ3v) is 15.9. The number of likely N-dealkylation sites (tertiary alicyclic amines) is 4. The summed E-state index contributed by atoms with van der Waals surface area (Å²) < 4.78 is 8.11. The number of imide groups is 2. The van der Waals surface area contributed by atoms with E-state index in [1.807, 2.05) is 66.7 Å². The maximum atomic E-state index is 13.8. The first-order valence-electron chi connectivity index (χ1n) is 25.3. The van der Waals surface area contributed by atoms with Crippen molar-refractivity contribution in [1.29, 1.82) is 0 Å². The number of carbonyl (C=O) groups is 5. The molecule has 0 aliphatic carbocycles. The third kappa shape index (κ3) is 9.12. The Kier molecular flexibility index (Phi) is 12.8. The monoisotopic (exact) mass is 947 g/mol. The second-order valence-corrected chi connectivity index (χ2v) is 20.1. The van der Waals surface area contributed by atoms with Gasteiger partial charge in [0.1, 0.15) is 35.4 Å². The molecule has 5 fully saturated rings. The molecule has 2 unspecified atom stereocenters. The fourth-order valence-corrected chi connectivity index (χ4v) is 11.9. The minimum Gasteiger partial charge on any atom is -0.457 e. The number of rotatable bonds is 10. The van der Waals surface area contributed by atoms with Gasteiger partial charge in [-0.3, -0.25) is 34.3 Å². The number of benzene rings is 3. The molecule has 0 radical (unpaired) electrons. The summed E-state index contributed by atoms with van der Waals surface area (Å²) in [4.78, 5) is 84.0. The lowest BCUT2D eigenvalue weighted by atomic mass is 9.87. The lowest BCUT2D eigenvalue weighted by Crippen LogP contribution is -2.54. The average molecular weight is 948 g/mol. The molecule has 0 spiro atoms. The number of fused-ring (bicyclic) bond motifs is 2. The molecule has 6 amide bonds. The van der Waals surface area contributed by atoms with E-state index in [2.05, 4.69) is 34.6 Å². The van der Waals surface area contributed by atoms with E-state index in [1.54, 1.807) is 6.07 Å². The molecule has 364 valence electrons. The molecule has 5 aromatic rings. The fourth-order valence-electron chi connectivity index (χ4n) is 11.9. The smallest absolute Gasteiger partial charge is 0.319 e. The third-order valence-electron chi connectivity index (χ3n) is 15.9. The van der Waals surface area contributed by atoms with Gasteiger partial charge < -0.3 is 25.2 Å². The molecule has 3 N–H and O–H groups in total. The minimum absolute atomic E-state index is 0.100. The van der Waals surface area contributed by atoms with Crippen LogP contribution in [0.5, 0.6) is 11.5 Å². The van der Waals surface area contributed by atoms with Gasteiger partial charge in [-0.25, -0.2) is 19.4 Å². The molecule has 0 saturated carbocycles. The Balaban J connectivity index is 0.625. The molecule has 2 atom stereocenters. The van der Waals surface area contributed by atoms with Gasteiger partial charge in [-0.05, 0) is 156 Å². The summed E-state index contributed by atoms with van der Waals surface area (Å²) >= 11 is 0. The lowest BCUT2D eigenvalue weighted by Gasteiger charge is -2.43. The highest BCUT2D eigenvalue weighted by molar-refractivity contribution is 6.23. The molecular weight excluding hydrogens is 887 g/mol. The van der Waals surface area contributed by atoms with E-state index in [1.165, 1.54) is 6.33 Å². The predicted octanol–water partition coefficient (Wildman–Crippen LogP) is 6.47. The van der Waals surface area contributed by atoms with Crippen molar-refractivity contribution in [3.05, 3.63) is 95.8 Å². The number of para-hydroxylation sites is 1. The summed E-state index contributed by atoms with van der Waals surface area (Å²) in [6.45, 7) is 8.01. The normalized spacial score (nSPS) is 22.5. The van der Waals surface area contributed by atoms with Crippen LogP contribution in [-0.2, 0) is 9.59 Å². The summed E-state index contributed by atoms with van der Waals surface area (Å²) in [6.07, 6.45) is 10.8. The number of anilines is 1. The van der Waals surface area contributed by atoms with Crippen molar-refractivity contribution < 1.29 is 28.7 Å². The van der Waals surface area contributed by atoms with E-state index in [0.29, 0.717) is 28.9 Å². The first-order chi connectivity index (χ1) is 34.1. The number of nitrogen functional groups attached to an aromatic ring is 1. The minimum atomic E-state index is -0.961. The summed E-state index contributed by atoms with van der Waals surface area (Å²) in [6, 6.07) is 22.9. The van der Waals surface area contributed by atoms with Gasteiger partial charge >= 0.3 is 6.03 Å². The van der Waals surface area contributed by atoms with E-state index < -0.39 is 23.8 Å². The van der Waals surface area contributed by atoms with Crippen LogP contribution in [-0.4, -0.2) is 145 Å². The molecule has 11 rings (SSSR count). The van der Waals surface area contributed by atoms with Crippen LogP contribution >= 0.6 is 0 Å². The zero-order valence-electron chi connectivity index (χ0n) is 39.6. The zero-order chi connectivity index (χ0) is 47.9. The van der Waals surface area contributed by atoms with Crippen molar-refractivity contribution in [1.82, 2.24) is 49.6 Å². The maximum absolute atomic E-state index is 13.8. The fraction of sp³-hybridized carbons (Fsp3) is 0.472. The van der Waals surface area contributed by atoms with Crippen LogP contribution in [0.15, 0.2) is 79.1 Å².